The van der Waals surface area contributed by atoms with Crippen LogP contribution in [0.1, 0.15) is 10.4 Å². The number of nitrogens with zero attached hydrogens (tertiary/aromatic N) is 2. The molecule has 2 aromatic carbocycles. The topological polar surface area (TPSA) is 159 Å². The second kappa shape index (κ2) is 7.79. The van der Waals surface area contributed by atoms with Crippen LogP contribution < -0.4 is 20.5 Å². The Morgan fingerprint density at radius 2 is 1.87 bits per heavy atom. The molecular formula is C18H15ClN4O7. The monoisotopic (exact) mass is 434 g/mol. The van der Waals surface area contributed by atoms with Gasteiger partial charge in [-0.3, -0.25) is 14.9 Å². The molecule has 0 radical (unpaired) electrons. The molecule has 156 valence electrons. The molecule has 1 heterocycles. The molecule has 0 aliphatic carbocycles. The van der Waals surface area contributed by atoms with E-state index in [9.17, 15) is 24.8 Å². The lowest BCUT2D eigenvalue weighted by Gasteiger charge is -2.10. The number of ether oxygens (including phenoxy) is 2. The molecule has 3 aromatic rings. The maximum absolute atomic E-state index is 12.9. The van der Waals surface area contributed by atoms with Gasteiger partial charge in [0, 0.05) is 23.2 Å². The minimum absolute atomic E-state index is 0.0620. The number of nitro benzene ring substituents is 1. The van der Waals surface area contributed by atoms with E-state index in [4.69, 9.17) is 26.8 Å². The number of hydrogen-bond donors (Lipinski definition) is 3. The summed E-state index contributed by atoms with van der Waals surface area (Å²) in [6.45, 7) is 0. The van der Waals surface area contributed by atoms with Crippen LogP contribution in [-0.4, -0.2) is 40.8 Å². The largest absolute Gasteiger partial charge is 0.494 e. The maximum Gasteiger partial charge on any atom is 0.326 e. The molecule has 0 atom stereocenters. The zero-order valence-corrected chi connectivity index (χ0v) is 16.4. The molecule has 0 saturated carbocycles. The molecule has 3 rings (SSSR count). The number of halogens is 1. The van der Waals surface area contributed by atoms with E-state index in [0.717, 1.165) is 12.1 Å². The van der Waals surface area contributed by atoms with Gasteiger partial charge >= 0.3 is 6.03 Å². The number of nitrogens with two attached hydrogens (primary N) is 1. The summed E-state index contributed by atoms with van der Waals surface area (Å²) in [5, 5.41) is 23.6. The van der Waals surface area contributed by atoms with Crippen molar-refractivity contribution < 1.29 is 29.1 Å². The SMILES string of the molecule is COc1ccc(NC(=O)c2c(O)n(C(N)=O)c3ccc([N+](=O)[O-])c(Cl)c23)cc1OC. The van der Waals surface area contributed by atoms with Crippen molar-refractivity contribution in [2.24, 2.45) is 5.73 Å². The van der Waals surface area contributed by atoms with Crippen molar-refractivity contribution in [2.75, 3.05) is 19.5 Å². The van der Waals surface area contributed by atoms with Crippen LogP contribution in [0.15, 0.2) is 30.3 Å². The zero-order valence-electron chi connectivity index (χ0n) is 15.6. The number of rotatable bonds is 5. The minimum Gasteiger partial charge on any atom is -0.494 e. The summed E-state index contributed by atoms with van der Waals surface area (Å²) in [7, 11) is 2.86. The summed E-state index contributed by atoms with van der Waals surface area (Å²) in [6, 6.07) is 5.61. The Hall–Kier alpha value is -3.99. The third kappa shape index (κ3) is 3.31. The van der Waals surface area contributed by atoms with E-state index in [2.05, 4.69) is 5.32 Å². The van der Waals surface area contributed by atoms with Crippen molar-refractivity contribution in [3.63, 3.8) is 0 Å². The highest BCUT2D eigenvalue weighted by atomic mass is 35.5. The second-order valence-electron chi connectivity index (χ2n) is 5.95. The maximum atomic E-state index is 12.9. The number of hydrogen-bond acceptors (Lipinski definition) is 7. The summed E-state index contributed by atoms with van der Waals surface area (Å²) in [4.78, 5) is 35.2. The van der Waals surface area contributed by atoms with Gasteiger partial charge < -0.3 is 25.6 Å². The summed E-state index contributed by atoms with van der Waals surface area (Å²) in [6.07, 6.45) is 0. The van der Waals surface area contributed by atoms with E-state index in [-0.39, 0.29) is 16.6 Å². The first-order valence-electron chi connectivity index (χ1n) is 8.24. The highest BCUT2D eigenvalue weighted by Gasteiger charge is 2.30. The van der Waals surface area contributed by atoms with Crippen LogP contribution >= 0.6 is 11.6 Å². The number of anilines is 1. The molecule has 0 spiro atoms. The van der Waals surface area contributed by atoms with Crippen molar-refractivity contribution in [3.05, 3.63) is 51.0 Å². The van der Waals surface area contributed by atoms with E-state index in [1.807, 2.05) is 0 Å². The highest BCUT2D eigenvalue weighted by molar-refractivity contribution is 6.39. The third-order valence-corrected chi connectivity index (χ3v) is 4.69. The number of benzene rings is 2. The summed E-state index contributed by atoms with van der Waals surface area (Å²) < 4.78 is 10.9. The predicted molar refractivity (Wildman–Crippen MR) is 108 cm³/mol. The predicted octanol–water partition coefficient (Wildman–Crippen LogP) is 3.10. The van der Waals surface area contributed by atoms with Crippen molar-refractivity contribution >= 4 is 45.8 Å². The number of carbonyl (C=O) groups is 2. The minimum atomic E-state index is -1.10. The molecule has 0 saturated heterocycles. The van der Waals surface area contributed by atoms with Gasteiger partial charge in [-0.1, -0.05) is 11.6 Å². The first kappa shape index (κ1) is 20.7. The molecule has 12 heteroatoms. The number of aromatic nitrogens is 1. The van der Waals surface area contributed by atoms with Crippen molar-refractivity contribution in [1.29, 1.82) is 0 Å². The van der Waals surface area contributed by atoms with Gasteiger partial charge in [0.25, 0.3) is 11.6 Å². The highest BCUT2D eigenvalue weighted by Crippen LogP contribution is 2.40. The summed E-state index contributed by atoms with van der Waals surface area (Å²) in [5.74, 6) is -0.944. The van der Waals surface area contributed by atoms with E-state index >= 15 is 0 Å². The van der Waals surface area contributed by atoms with Crippen LogP contribution in [0.3, 0.4) is 0 Å². The first-order chi connectivity index (χ1) is 14.2. The summed E-state index contributed by atoms with van der Waals surface area (Å²) in [5.41, 5.74) is 4.53. The van der Waals surface area contributed by atoms with Gasteiger partial charge in [0.15, 0.2) is 11.5 Å². The molecule has 0 bridgehead atoms. The molecule has 0 fully saturated rings. The van der Waals surface area contributed by atoms with E-state index in [0.29, 0.717) is 16.1 Å². The Bertz CT molecular complexity index is 1210. The third-order valence-electron chi connectivity index (χ3n) is 4.31. The van der Waals surface area contributed by atoms with Crippen LogP contribution in [0.5, 0.6) is 17.4 Å². The average molecular weight is 435 g/mol. The number of primary amides is 1. The van der Waals surface area contributed by atoms with Crippen LogP contribution in [0, 0.1) is 10.1 Å². The Morgan fingerprint density at radius 1 is 1.20 bits per heavy atom. The van der Waals surface area contributed by atoms with E-state index < -0.39 is 39.0 Å². The number of nitrogens with one attached hydrogen (secondary N) is 1. The lowest BCUT2D eigenvalue weighted by atomic mass is 10.1. The second-order valence-corrected chi connectivity index (χ2v) is 6.32. The fourth-order valence-corrected chi connectivity index (χ4v) is 3.33. The van der Waals surface area contributed by atoms with Crippen molar-refractivity contribution in [3.8, 4) is 17.4 Å². The fraction of sp³-hybridized carbons (Fsp3) is 0.111. The van der Waals surface area contributed by atoms with Crippen molar-refractivity contribution in [2.45, 2.75) is 0 Å². The molecule has 1 aromatic heterocycles. The van der Waals surface area contributed by atoms with Crippen LogP contribution in [0.2, 0.25) is 5.02 Å². The molecule has 11 nitrogen and oxygen atoms in total. The number of fused-ring (bicyclic) bond motifs is 1. The number of carbonyl (C=O) groups excluding carboxylic acids is 2. The van der Waals surface area contributed by atoms with E-state index in [1.165, 1.54) is 26.4 Å². The molecule has 0 unspecified atom stereocenters. The van der Waals surface area contributed by atoms with Crippen LogP contribution in [0.25, 0.3) is 10.9 Å². The van der Waals surface area contributed by atoms with Gasteiger partial charge in [-0.25, -0.2) is 9.36 Å². The first-order valence-corrected chi connectivity index (χ1v) is 8.62. The van der Waals surface area contributed by atoms with Gasteiger partial charge in [-0.2, -0.15) is 0 Å². The zero-order chi connectivity index (χ0) is 22.2. The van der Waals surface area contributed by atoms with Gasteiger partial charge in [0.1, 0.15) is 10.6 Å². The smallest absolute Gasteiger partial charge is 0.326 e. The molecular weight excluding hydrogens is 420 g/mol. The van der Waals surface area contributed by atoms with Gasteiger partial charge in [-0.15, -0.1) is 0 Å². The van der Waals surface area contributed by atoms with Gasteiger partial charge in [0.05, 0.1) is 24.7 Å². The number of aromatic hydroxyl groups is 1. The number of methoxy groups -OCH3 is 2. The Balaban J connectivity index is 2.18. The average Bonchev–Trinajstić information content (AvgIpc) is 3.00. The standard InChI is InChI=1S/C18H15ClN4O7/c1-29-11-6-3-8(7-12(11)30-2)21-16(24)14-13-9(22(17(14)25)18(20)26)4-5-10(15(13)19)23(27)28/h3-7,25H,1-2H3,(H2,20,26)(H,21,24). The van der Waals surface area contributed by atoms with Gasteiger partial charge in [-0.05, 0) is 18.2 Å². The van der Waals surface area contributed by atoms with Crippen LogP contribution in [0.4, 0.5) is 16.2 Å². The van der Waals surface area contributed by atoms with Crippen molar-refractivity contribution in [1.82, 2.24) is 4.57 Å². The lowest BCUT2D eigenvalue weighted by molar-refractivity contribution is -0.384. The molecule has 4 N–H and O–H groups in total. The summed E-state index contributed by atoms with van der Waals surface area (Å²) >= 11 is 6.13. The quantitative estimate of drug-likeness (QED) is 0.410. The number of nitro groups is 1. The fourth-order valence-electron chi connectivity index (χ4n) is 3.00. The molecule has 0 aliphatic rings. The van der Waals surface area contributed by atoms with E-state index in [1.54, 1.807) is 6.07 Å². The Kier molecular flexibility index (Phi) is 5.39. The normalized spacial score (nSPS) is 10.6. The lowest BCUT2D eigenvalue weighted by Crippen LogP contribution is -2.19. The Morgan fingerprint density at radius 3 is 2.43 bits per heavy atom. The molecule has 0 aliphatic heterocycles. The molecule has 2 amide bonds. The molecule has 30 heavy (non-hydrogen) atoms. The Labute approximate surface area is 173 Å². The number of amides is 2. The van der Waals surface area contributed by atoms with Crippen LogP contribution in [-0.2, 0) is 0 Å². The van der Waals surface area contributed by atoms with Gasteiger partial charge in [0.2, 0.25) is 5.88 Å².